The van der Waals surface area contributed by atoms with Crippen LogP contribution in [0.15, 0.2) is 0 Å². The first-order valence-corrected chi connectivity index (χ1v) is 7.57. The van der Waals surface area contributed by atoms with Gasteiger partial charge in [0.2, 0.25) is 0 Å². The average Bonchev–Trinajstić information content (AvgIpc) is 2.62. The van der Waals surface area contributed by atoms with Crippen LogP contribution in [-0.4, -0.2) is 40.8 Å². The number of amides is 1. The number of fused-ring (bicyclic) bond motifs is 1. The molecule has 4 nitrogen and oxygen atoms in total. The van der Waals surface area contributed by atoms with Crippen LogP contribution in [-0.2, 0) is 4.74 Å². The van der Waals surface area contributed by atoms with Crippen molar-refractivity contribution in [2.75, 3.05) is 7.05 Å². The summed E-state index contributed by atoms with van der Waals surface area (Å²) in [5, 5.41) is 3.96. The number of rotatable bonds is 0. The molecule has 2 unspecified atom stereocenters. The number of cyclic esters (lactones) is 1. The van der Waals surface area contributed by atoms with E-state index in [0.29, 0.717) is 12.0 Å². The predicted molar refractivity (Wildman–Crippen MR) is 80.1 cm³/mol. The van der Waals surface area contributed by atoms with Crippen molar-refractivity contribution in [1.29, 1.82) is 0 Å². The number of nitrogens with zero attached hydrogens (tertiary/aromatic N) is 2. The molecule has 4 heteroatoms. The smallest absolute Gasteiger partial charge is 0.425 e. The number of ether oxygens (including phenoxy) is 1. The summed E-state index contributed by atoms with van der Waals surface area (Å²) in [5.74, 6) is 0.371. The molecule has 1 amide bonds. The third kappa shape index (κ3) is 1.87. The normalized spacial score (nSPS) is 39.1. The van der Waals surface area contributed by atoms with Crippen LogP contribution in [0.25, 0.3) is 0 Å². The van der Waals surface area contributed by atoms with E-state index in [2.05, 4.69) is 60.4 Å². The zero-order valence-electron chi connectivity index (χ0n) is 14.4. The molecule has 20 heavy (non-hydrogen) atoms. The minimum absolute atomic E-state index is 0.0933. The highest BCUT2D eigenvalue weighted by Crippen LogP contribution is 2.52. The molecule has 2 rings (SSSR count). The predicted octanol–water partition coefficient (Wildman–Crippen LogP) is 3.52. The second kappa shape index (κ2) is 4.12. The topological polar surface area (TPSA) is 32.8 Å². The lowest BCUT2D eigenvalue weighted by Gasteiger charge is -2.42. The Morgan fingerprint density at radius 2 is 1.65 bits per heavy atom. The van der Waals surface area contributed by atoms with Crippen LogP contribution in [0, 0.1) is 16.7 Å². The van der Waals surface area contributed by atoms with E-state index in [1.807, 2.05) is 12.1 Å². The SMILES string of the molecule is C[C@H]1C(C(C)(C)C)N(C)N2C(=O)O[C@](C)(C(C)(C)C)C12. The molecule has 116 valence electrons. The van der Waals surface area contributed by atoms with Gasteiger partial charge in [-0.3, -0.25) is 0 Å². The van der Waals surface area contributed by atoms with Gasteiger partial charge in [0.15, 0.2) is 0 Å². The Hall–Kier alpha value is -0.770. The van der Waals surface area contributed by atoms with Crippen LogP contribution in [0.2, 0.25) is 0 Å². The third-order valence-corrected chi connectivity index (χ3v) is 5.43. The summed E-state index contributed by atoms with van der Waals surface area (Å²) >= 11 is 0. The van der Waals surface area contributed by atoms with E-state index in [1.54, 1.807) is 0 Å². The van der Waals surface area contributed by atoms with Crippen molar-refractivity contribution in [2.45, 2.75) is 73.1 Å². The maximum absolute atomic E-state index is 12.4. The zero-order valence-corrected chi connectivity index (χ0v) is 14.4. The molecule has 0 aromatic heterocycles. The van der Waals surface area contributed by atoms with Gasteiger partial charge in [0.25, 0.3) is 0 Å². The van der Waals surface area contributed by atoms with Crippen LogP contribution in [0.5, 0.6) is 0 Å². The summed E-state index contributed by atoms with van der Waals surface area (Å²) in [6, 6.07) is 0.436. The van der Waals surface area contributed by atoms with E-state index in [0.717, 1.165) is 0 Å². The van der Waals surface area contributed by atoms with Gasteiger partial charge >= 0.3 is 6.09 Å². The number of hydrazine groups is 1. The fourth-order valence-electron chi connectivity index (χ4n) is 4.28. The first kappa shape index (κ1) is 15.6. The monoisotopic (exact) mass is 282 g/mol. The number of hydrogen-bond acceptors (Lipinski definition) is 3. The van der Waals surface area contributed by atoms with Gasteiger partial charge in [0, 0.05) is 24.4 Å². The minimum Gasteiger partial charge on any atom is -0.439 e. The number of carbonyl (C=O) groups excluding carboxylic acids is 1. The molecule has 0 radical (unpaired) electrons. The molecule has 4 atom stereocenters. The number of carbonyl (C=O) groups is 1. The Bertz CT molecular complexity index is 421. The third-order valence-electron chi connectivity index (χ3n) is 5.43. The molecule has 2 heterocycles. The minimum atomic E-state index is -0.461. The van der Waals surface area contributed by atoms with E-state index < -0.39 is 5.60 Å². The molecule has 0 bridgehead atoms. The molecule has 2 aliphatic rings. The van der Waals surface area contributed by atoms with Crippen LogP contribution < -0.4 is 0 Å². The Balaban J connectivity index is 2.49. The Kier molecular flexibility index (Phi) is 3.22. The van der Waals surface area contributed by atoms with E-state index in [1.165, 1.54) is 0 Å². The molecule has 2 saturated heterocycles. The standard InChI is InChI=1S/C16H30N2O2/c1-10-11(14(2,3)4)17(9)18-12(10)16(8,15(5,6)7)20-13(18)19/h10-12H,1-9H3/t10-,11?,12?,16-/m0/s1. The Morgan fingerprint density at radius 3 is 2.05 bits per heavy atom. The quantitative estimate of drug-likeness (QED) is 0.681. The zero-order chi connectivity index (χ0) is 15.7. The van der Waals surface area contributed by atoms with E-state index >= 15 is 0 Å². The maximum atomic E-state index is 12.4. The average molecular weight is 282 g/mol. The second-order valence-electron chi connectivity index (χ2n) is 8.76. The van der Waals surface area contributed by atoms with Crippen molar-refractivity contribution in [2.24, 2.45) is 16.7 Å². The van der Waals surface area contributed by atoms with Gasteiger partial charge in [-0.2, -0.15) is 0 Å². The van der Waals surface area contributed by atoms with Crippen molar-refractivity contribution in [1.82, 2.24) is 10.0 Å². The van der Waals surface area contributed by atoms with E-state index in [9.17, 15) is 4.79 Å². The van der Waals surface area contributed by atoms with Crippen LogP contribution in [0.4, 0.5) is 4.79 Å². The summed E-state index contributed by atoms with van der Waals surface area (Å²) in [7, 11) is 2.02. The second-order valence-corrected chi connectivity index (χ2v) is 8.76. The van der Waals surface area contributed by atoms with Crippen molar-refractivity contribution in [3.8, 4) is 0 Å². The van der Waals surface area contributed by atoms with Gasteiger partial charge in [-0.15, -0.1) is 0 Å². The molecule has 0 aromatic carbocycles. The lowest BCUT2D eigenvalue weighted by molar-refractivity contribution is -0.0497. The molecular formula is C16H30N2O2. The summed E-state index contributed by atoms with van der Waals surface area (Å²) in [4.78, 5) is 12.4. The largest absolute Gasteiger partial charge is 0.439 e. The summed E-state index contributed by atoms with van der Waals surface area (Å²) in [5.41, 5.74) is -0.431. The van der Waals surface area contributed by atoms with E-state index in [-0.39, 0.29) is 23.0 Å². The fourth-order valence-corrected chi connectivity index (χ4v) is 4.28. The highest BCUT2D eigenvalue weighted by molar-refractivity contribution is 5.72. The highest BCUT2D eigenvalue weighted by atomic mass is 16.6. The maximum Gasteiger partial charge on any atom is 0.425 e. The first-order chi connectivity index (χ1) is 8.82. The van der Waals surface area contributed by atoms with E-state index in [4.69, 9.17) is 4.74 Å². The van der Waals surface area contributed by atoms with Crippen molar-refractivity contribution < 1.29 is 9.53 Å². The first-order valence-electron chi connectivity index (χ1n) is 7.57. The van der Waals surface area contributed by atoms with Gasteiger partial charge in [-0.05, 0) is 12.3 Å². The lowest BCUT2D eigenvalue weighted by atomic mass is 9.67. The van der Waals surface area contributed by atoms with Gasteiger partial charge in [0.1, 0.15) is 5.60 Å². The van der Waals surface area contributed by atoms with Gasteiger partial charge in [-0.1, -0.05) is 48.5 Å². The van der Waals surface area contributed by atoms with Gasteiger partial charge in [-0.25, -0.2) is 14.8 Å². The van der Waals surface area contributed by atoms with Crippen LogP contribution >= 0.6 is 0 Å². The van der Waals surface area contributed by atoms with Crippen molar-refractivity contribution in [3.63, 3.8) is 0 Å². The number of hydrogen-bond donors (Lipinski definition) is 0. The molecular weight excluding hydrogens is 252 g/mol. The Morgan fingerprint density at radius 1 is 1.15 bits per heavy atom. The van der Waals surface area contributed by atoms with Gasteiger partial charge < -0.3 is 4.74 Å². The molecule has 0 N–H and O–H groups in total. The molecule has 2 aliphatic heterocycles. The summed E-state index contributed by atoms with van der Waals surface area (Å²) in [6.07, 6.45) is -0.200. The molecule has 0 aliphatic carbocycles. The van der Waals surface area contributed by atoms with Crippen LogP contribution in [0.1, 0.15) is 55.4 Å². The lowest BCUT2D eigenvalue weighted by Crippen LogP contribution is -2.52. The summed E-state index contributed by atoms with van der Waals surface area (Å²) in [6.45, 7) is 17.5. The van der Waals surface area contributed by atoms with Gasteiger partial charge in [0.05, 0.1) is 6.04 Å². The fraction of sp³-hybridized carbons (Fsp3) is 0.938. The molecule has 0 saturated carbocycles. The molecule has 0 spiro atoms. The van der Waals surface area contributed by atoms with Crippen molar-refractivity contribution in [3.05, 3.63) is 0 Å². The van der Waals surface area contributed by atoms with Crippen LogP contribution in [0.3, 0.4) is 0 Å². The summed E-state index contributed by atoms with van der Waals surface area (Å²) < 4.78 is 5.83. The Labute approximate surface area is 123 Å². The van der Waals surface area contributed by atoms with Crippen molar-refractivity contribution >= 4 is 6.09 Å². The molecule has 0 aromatic rings. The highest BCUT2D eigenvalue weighted by Gasteiger charge is 2.66. The molecule has 2 fully saturated rings.